The number of nitrogens with zero attached hydrogens (tertiary/aromatic N) is 5. The van der Waals surface area contributed by atoms with Crippen molar-refractivity contribution in [3.8, 4) is 5.69 Å². The fourth-order valence-electron chi connectivity index (χ4n) is 3.28. The zero-order valence-corrected chi connectivity index (χ0v) is 17.1. The van der Waals surface area contributed by atoms with Crippen molar-refractivity contribution in [1.82, 2.24) is 24.0 Å². The van der Waals surface area contributed by atoms with Gasteiger partial charge in [0.15, 0.2) is 0 Å². The van der Waals surface area contributed by atoms with E-state index in [1.165, 1.54) is 10.6 Å². The minimum Gasteiger partial charge on any atom is -0.376 e. The second-order valence-corrected chi connectivity index (χ2v) is 8.78. The number of piperazine rings is 1. The molecule has 30 heavy (non-hydrogen) atoms. The molecule has 3 aromatic rings. The number of nitrogens with one attached hydrogen (secondary N) is 1. The van der Waals surface area contributed by atoms with E-state index >= 15 is 0 Å². The van der Waals surface area contributed by atoms with Gasteiger partial charge in [0.1, 0.15) is 12.7 Å². The summed E-state index contributed by atoms with van der Waals surface area (Å²) in [6.45, 7) is 1.47. The van der Waals surface area contributed by atoms with Gasteiger partial charge in [-0.15, -0.1) is 0 Å². The molecule has 156 valence electrons. The Kier molecular flexibility index (Phi) is 5.77. The minimum absolute atomic E-state index is 0.0629. The van der Waals surface area contributed by atoms with Crippen molar-refractivity contribution in [2.24, 2.45) is 0 Å². The molecule has 1 N–H and O–H groups in total. The first-order valence-corrected chi connectivity index (χ1v) is 11.0. The molecular weight excluding hydrogens is 404 g/mol. The van der Waals surface area contributed by atoms with E-state index < -0.39 is 10.0 Å². The molecule has 1 amide bonds. The highest BCUT2D eigenvalue weighted by atomic mass is 32.2. The van der Waals surface area contributed by atoms with Gasteiger partial charge in [-0.2, -0.15) is 9.40 Å². The standard InChI is InChI=1S/C20H22N6O3S/c27-20(14-22-17-6-8-18(9-7-17)26-16-21-15-23-26)24-10-12-25(13-11-24)30(28,29)19-4-2-1-3-5-19/h1-9,15-16,22H,10-14H2. The lowest BCUT2D eigenvalue weighted by Gasteiger charge is -2.34. The molecule has 1 fully saturated rings. The van der Waals surface area contributed by atoms with Crippen LogP contribution in [-0.2, 0) is 14.8 Å². The fourth-order valence-corrected chi connectivity index (χ4v) is 4.73. The Labute approximate surface area is 175 Å². The first-order chi connectivity index (χ1) is 14.5. The molecule has 0 aliphatic carbocycles. The van der Waals surface area contributed by atoms with Crippen LogP contribution >= 0.6 is 0 Å². The molecule has 9 nitrogen and oxygen atoms in total. The van der Waals surface area contributed by atoms with Crippen LogP contribution in [0.2, 0.25) is 0 Å². The molecular formula is C20H22N6O3S. The number of anilines is 1. The SMILES string of the molecule is O=C(CNc1ccc(-n2cncn2)cc1)N1CCN(S(=O)(=O)c2ccccc2)CC1. The van der Waals surface area contributed by atoms with E-state index in [2.05, 4.69) is 15.4 Å². The van der Waals surface area contributed by atoms with Gasteiger partial charge in [-0.25, -0.2) is 18.1 Å². The molecule has 1 aliphatic heterocycles. The van der Waals surface area contributed by atoms with Crippen LogP contribution in [0.3, 0.4) is 0 Å². The summed E-state index contributed by atoms with van der Waals surface area (Å²) in [5.41, 5.74) is 1.69. The molecule has 4 rings (SSSR count). The Morgan fingerprint density at radius 3 is 2.30 bits per heavy atom. The molecule has 2 heterocycles. The Balaban J connectivity index is 1.28. The molecule has 0 radical (unpaired) electrons. The topological polar surface area (TPSA) is 100 Å². The molecule has 2 aromatic carbocycles. The van der Waals surface area contributed by atoms with Crippen LogP contribution in [0.4, 0.5) is 5.69 Å². The van der Waals surface area contributed by atoms with E-state index in [0.29, 0.717) is 13.1 Å². The quantitative estimate of drug-likeness (QED) is 0.636. The minimum atomic E-state index is -3.52. The van der Waals surface area contributed by atoms with Gasteiger partial charge in [0.2, 0.25) is 15.9 Å². The lowest BCUT2D eigenvalue weighted by atomic mass is 10.2. The second kappa shape index (κ2) is 8.64. The van der Waals surface area contributed by atoms with Crippen LogP contribution in [-0.4, -0.2) is 71.0 Å². The summed E-state index contributed by atoms with van der Waals surface area (Å²) in [5, 5.41) is 7.18. The molecule has 0 bridgehead atoms. The second-order valence-electron chi connectivity index (χ2n) is 6.84. The number of aromatic nitrogens is 3. The van der Waals surface area contributed by atoms with Gasteiger partial charge < -0.3 is 10.2 Å². The zero-order chi connectivity index (χ0) is 21.0. The van der Waals surface area contributed by atoms with Crippen LogP contribution in [0.1, 0.15) is 0 Å². The van der Waals surface area contributed by atoms with Crippen LogP contribution in [0.5, 0.6) is 0 Å². The van der Waals surface area contributed by atoms with Gasteiger partial charge in [-0.3, -0.25) is 4.79 Å². The van der Waals surface area contributed by atoms with Crippen molar-refractivity contribution in [1.29, 1.82) is 0 Å². The van der Waals surface area contributed by atoms with Crippen LogP contribution in [0.25, 0.3) is 5.69 Å². The molecule has 0 unspecified atom stereocenters. The maximum absolute atomic E-state index is 12.7. The number of carbonyl (C=O) groups excluding carboxylic acids is 1. The Hall–Kier alpha value is -3.24. The molecule has 0 spiro atoms. The summed E-state index contributed by atoms with van der Waals surface area (Å²) in [6.07, 6.45) is 3.08. The normalized spacial score (nSPS) is 15.1. The molecule has 1 aromatic heterocycles. The Bertz CT molecular complexity index is 1080. The molecule has 10 heteroatoms. The number of rotatable bonds is 6. The third-order valence-electron chi connectivity index (χ3n) is 4.97. The van der Waals surface area contributed by atoms with Crippen molar-refractivity contribution < 1.29 is 13.2 Å². The number of benzene rings is 2. The summed E-state index contributed by atoms with van der Waals surface area (Å²) >= 11 is 0. The molecule has 0 saturated carbocycles. The number of hydrogen-bond donors (Lipinski definition) is 1. The van der Waals surface area contributed by atoms with Crippen molar-refractivity contribution in [3.63, 3.8) is 0 Å². The lowest BCUT2D eigenvalue weighted by molar-refractivity contribution is -0.130. The first kappa shape index (κ1) is 20.0. The van der Waals surface area contributed by atoms with Crippen molar-refractivity contribution in [2.45, 2.75) is 4.90 Å². The van der Waals surface area contributed by atoms with Gasteiger partial charge in [0.25, 0.3) is 0 Å². The highest BCUT2D eigenvalue weighted by Crippen LogP contribution is 2.17. The highest BCUT2D eigenvalue weighted by molar-refractivity contribution is 7.89. The number of sulfonamides is 1. The van der Waals surface area contributed by atoms with Gasteiger partial charge in [0.05, 0.1) is 17.1 Å². The van der Waals surface area contributed by atoms with E-state index in [-0.39, 0.29) is 30.4 Å². The van der Waals surface area contributed by atoms with Crippen molar-refractivity contribution >= 4 is 21.6 Å². The maximum atomic E-state index is 12.7. The van der Waals surface area contributed by atoms with Crippen molar-refractivity contribution in [3.05, 3.63) is 67.3 Å². The van der Waals surface area contributed by atoms with Crippen molar-refractivity contribution in [2.75, 3.05) is 38.0 Å². The average Bonchev–Trinajstić information content (AvgIpc) is 3.33. The third-order valence-corrected chi connectivity index (χ3v) is 6.88. The summed E-state index contributed by atoms with van der Waals surface area (Å²) in [5.74, 6) is -0.0629. The molecule has 0 atom stereocenters. The van der Waals surface area contributed by atoms with E-state index in [1.807, 2.05) is 24.3 Å². The predicted molar refractivity (Wildman–Crippen MR) is 112 cm³/mol. The fraction of sp³-hybridized carbons (Fsp3) is 0.250. The first-order valence-electron chi connectivity index (χ1n) is 9.56. The summed E-state index contributed by atoms with van der Waals surface area (Å²) in [7, 11) is -3.52. The zero-order valence-electron chi connectivity index (χ0n) is 16.3. The van der Waals surface area contributed by atoms with Crippen LogP contribution in [0.15, 0.2) is 72.1 Å². The van der Waals surface area contributed by atoms with E-state index in [4.69, 9.17) is 0 Å². The molecule has 1 saturated heterocycles. The number of amides is 1. The summed E-state index contributed by atoms with van der Waals surface area (Å²) in [6, 6.07) is 15.9. The Morgan fingerprint density at radius 1 is 0.967 bits per heavy atom. The number of hydrogen-bond acceptors (Lipinski definition) is 6. The van der Waals surface area contributed by atoms with Crippen LogP contribution in [0, 0.1) is 0 Å². The smallest absolute Gasteiger partial charge is 0.243 e. The van der Waals surface area contributed by atoms with E-state index in [1.54, 1.807) is 46.2 Å². The van der Waals surface area contributed by atoms with Gasteiger partial charge >= 0.3 is 0 Å². The highest BCUT2D eigenvalue weighted by Gasteiger charge is 2.29. The van der Waals surface area contributed by atoms with Gasteiger partial charge in [0, 0.05) is 31.9 Å². The summed E-state index contributed by atoms with van der Waals surface area (Å²) < 4.78 is 28.5. The van der Waals surface area contributed by atoms with Crippen LogP contribution < -0.4 is 5.32 Å². The van der Waals surface area contributed by atoms with E-state index in [9.17, 15) is 13.2 Å². The average molecular weight is 427 g/mol. The van der Waals surface area contributed by atoms with E-state index in [0.717, 1.165) is 11.4 Å². The monoisotopic (exact) mass is 426 g/mol. The maximum Gasteiger partial charge on any atom is 0.243 e. The molecule has 1 aliphatic rings. The third kappa shape index (κ3) is 4.34. The summed E-state index contributed by atoms with van der Waals surface area (Å²) in [4.78, 5) is 18.4. The number of carbonyl (C=O) groups is 1. The van der Waals surface area contributed by atoms with Gasteiger partial charge in [-0.05, 0) is 36.4 Å². The largest absolute Gasteiger partial charge is 0.376 e. The predicted octanol–water partition coefficient (Wildman–Crippen LogP) is 1.21. The Morgan fingerprint density at radius 2 is 1.67 bits per heavy atom. The lowest BCUT2D eigenvalue weighted by Crippen LogP contribution is -2.51. The van der Waals surface area contributed by atoms with Gasteiger partial charge in [-0.1, -0.05) is 18.2 Å².